The van der Waals surface area contributed by atoms with E-state index in [1.54, 1.807) is 0 Å². The molecule has 5 N–H and O–H groups in total. The molecule has 0 saturated heterocycles. The zero-order valence-corrected chi connectivity index (χ0v) is 13.2. The van der Waals surface area contributed by atoms with E-state index in [-0.39, 0.29) is 30.3 Å². The molecule has 20 heavy (non-hydrogen) atoms. The van der Waals surface area contributed by atoms with Crippen LogP contribution in [0.1, 0.15) is 38.5 Å². The third-order valence-corrected chi connectivity index (χ3v) is 4.08. The quantitative estimate of drug-likeness (QED) is 0.642. The molecule has 7 heteroatoms. The lowest BCUT2D eigenvalue weighted by molar-refractivity contribution is -0.126. The number of nitrogens with one attached hydrogen (secondary N) is 1. The lowest BCUT2D eigenvalue weighted by Crippen LogP contribution is -2.56. The molecule has 1 fully saturated rings. The first-order valence-corrected chi connectivity index (χ1v) is 6.86. The molecule has 1 saturated carbocycles. The van der Waals surface area contributed by atoms with Crippen LogP contribution in [0.5, 0.6) is 0 Å². The van der Waals surface area contributed by atoms with Gasteiger partial charge in [0.25, 0.3) is 0 Å². The maximum Gasteiger partial charge on any atom is 0.237 e. The SMILES string of the molecule is CN(C)C1(CNC(=O)C(N)CC(N)=O)CCCCC1.Cl. The van der Waals surface area contributed by atoms with Crippen molar-refractivity contribution in [2.45, 2.75) is 50.1 Å². The van der Waals surface area contributed by atoms with Gasteiger partial charge in [0, 0.05) is 12.1 Å². The molecule has 6 nitrogen and oxygen atoms in total. The van der Waals surface area contributed by atoms with E-state index in [1.165, 1.54) is 19.3 Å². The normalized spacial score (nSPS) is 19.0. The highest BCUT2D eigenvalue weighted by Gasteiger charge is 2.34. The fourth-order valence-corrected chi connectivity index (χ4v) is 2.68. The number of primary amides is 1. The second-order valence-corrected chi connectivity index (χ2v) is 5.67. The van der Waals surface area contributed by atoms with Crippen LogP contribution in [-0.4, -0.2) is 48.9 Å². The molecule has 1 unspecified atom stereocenters. The lowest BCUT2D eigenvalue weighted by Gasteiger charge is -2.43. The predicted molar refractivity (Wildman–Crippen MR) is 81.5 cm³/mol. The molecule has 0 aliphatic heterocycles. The fraction of sp³-hybridized carbons (Fsp3) is 0.846. The average molecular weight is 307 g/mol. The van der Waals surface area contributed by atoms with E-state index in [0.717, 1.165) is 12.8 Å². The molecule has 1 aliphatic rings. The number of hydrogen-bond acceptors (Lipinski definition) is 4. The Bertz CT molecular complexity index is 330. The van der Waals surface area contributed by atoms with Gasteiger partial charge in [-0.2, -0.15) is 0 Å². The van der Waals surface area contributed by atoms with Gasteiger partial charge in [0.15, 0.2) is 0 Å². The van der Waals surface area contributed by atoms with Crippen LogP contribution < -0.4 is 16.8 Å². The zero-order chi connectivity index (χ0) is 14.5. The van der Waals surface area contributed by atoms with E-state index < -0.39 is 11.9 Å². The fourth-order valence-electron chi connectivity index (χ4n) is 2.68. The number of amides is 2. The number of halogens is 1. The van der Waals surface area contributed by atoms with Gasteiger partial charge in [-0.3, -0.25) is 9.59 Å². The van der Waals surface area contributed by atoms with Crippen molar-refractivity contribution in [3.8, 4) is 0 Å². The van der Waals surface area contributed by atoms with Crippen molar-refractivity contribution in [2.75, 3.05) is 20.6 Å². The Kier molecular flexibility index (Phi) is 8.08. The topological polar surface area (TPSA) is 101 Å². The van der Waals surface area contributed by atoms with Crippen LogP contribution in [0.2, 0.25) is 0 Å². The molecule has 2 amide bonds. The van der Waals surface area contributed by atoms with Gasteiger partial charge in [-0.05, 0) is 26.9 Å². The van der Waals surface area contributed by atoms with Gasteiger partial charge in [-0.15, -0.1) is 12.4 Å². The number of likely N-dealkylation sites (N-methyl/N-ethyl adjacent to an activating group) is 1. The Hall–Kier alpha value is -0.850. The molecule has 0 heterocycles. The van der Waals surface area contributed by atoms with Gasteiger partial charge in [0.1, 0.15) is 0 Å². The maximum atomic E-state index is 11.8. The van der Waals surface area contributed by atoms with Crippen LogP contribution in [0.3, 0.4) is 0 Å². The van der Waals surface area contributed by atoms with Crippen LogP contribution in [-0.2, 0) is 9.59 Å². The number of nitrogens with two attached hydrogens (primary N) is 2. The van der Waals surface area contributed by atoms with Gasteiger partial charge in [0.05, 0.1) is 12.5 Å². The molecule has 1 rings (SSSR count). The van der Waals surface area contributed by atoms with Crippen molar-refractivity contribution in [1.29, 1.82) is 0 Å². The largest absolute Gasteiger partial charge is 0.370 e. The highest BCUT2D eigenvalue weighted by molar-refractivity contribution is 5.87. The van der Waals surface area contributed by atoms with Crippen molar-refractivity contribution in [1.82, 2.24) is 10.2 Å². The highest BCUT2D eigenvalue weighted by Crippen LogP contribution is 2.31. The molecule has 0 aromatic carbocycles. The highest BCUT2D eigenvalue weighted by atomic mass is 35.5. The minimum absolute atomic E-state index is 0. The number of hydrogen-bond donors (Lipinski definition) is 3. The first kappa shape index (κ1) is 19.1. The molecule has 0 radical (unpaired) electrons. The van der Waals surface area contributed by atoms with Crippen LogP contribution in [0, 0.1) is 0 Å². The Morgan fingerprint density at radius 1 is 1.25 bits per heavy atom. The predicted octanol–water partition coefficient (Wildman–Crippen LogP) is -0.00840. The summed E-state index contributed by atoms with van der Waals surface area (Å²) in [5.41, 5.74) is 10.7. The summed E-state index contributed by atoms with van der Waals surface area (Å²) in [5, 5.41) is 2.87. The molecule has 0 aromatic rings. The van der Waals surface area contributed by atoms with E-state index in [9.17, 15) is 9.59 Å². The Morgan fingerprint density at radius 2 is 1.80 bits per heavy atom. The second-order valence-electron chi connectivity index (χ2n) is 5.67. The van der Waals surface area contributed by atoms with Crippen LogP contribution >= 0.6 is 12.4 Å². The van der Waals surface area contributed by atoms with Crippen LogP contribution in [0.25, 0.3) is 0 Å². The first-order valence-electron chi connectivity index (χ1n) is 6.86. The monoisotopic (exact) mass is 306 g/mol. The van der Waals surface area contributed by atoms with Crippen molar-refractivity contribution in [3.05, 3.63) is 0 Å². The summed E-state index contributed by atoms with van der Waals surface area (Å²) in [6.07, 6.45) is 5.66. The molecule has 0 spiro atoms. The molecule has 0 bridgehead atoms. The number of rotatable bonds is 6. The number of carbonyl (C=O) groups is 2. The number of carbonyl (C=O) groups excluding carboxylic acids is 2. The van der Waals surface area contributed by atoms with Gasteiger partial charge >= 0.3 is 0 Å². The standard InChI is InChI=1S/C13H26N4O2.ClH/c1-17(2)13(6-4-3-5-7-13)9-16-12(19)10(14)8-11(15)18;/h10H,3-9,14H2,1-2H3,(H2,15,18)(H,16,19);1H. The third kappa shape index (κ3) is 5.26. The lowest BCUT2D eigenvalue weighted by atomic mass is 9.80. The molecule has 1 atom stereocenters. The maximum absolute atomic E-state index is 11.8. The average Bonchev–Trinajstić information content (AvgIpc) is 2.36. The first-order chi connectivity index (χ1) is 8.87. The molecular formula is C13H27ClN4O2. The van der Waals surface area contributed by atoms with Gasteiger partial charge in [0.2, 0.25) is 11.8 Å². The van der Waals surface area contributed by atoms with Gasteiger partial charge in [-0.25, -0.2) is 0 Å². The molecular weight excluding hydrogens is 280 g/mol. The van der Waals surface area contributed by atoms with E-state index in [2.05, 4.69) is 10.2 Å². The van der Waals surface area contributed by atoms with E-state index >= 15 is 0 Å². The van der Waals surface area contributed by atoms with Gasteiger partial charge in [-0.1, -0.05) is 19.3 Å². The summed E-state index contributed by atoms with van der Waals surface area (Å²) in [7, 11) is 4.08. The van der Waals surface area contributed by atoms with Gasteiger partial charge < -0.3 is 21.7 Å². The minimum atomic E-state index is -0.847. The summed E-state index contributed by atoms with van der Waals surface area (Å²) < 4.78 is 0. The minimum Gasteiger partial charge on any atom is -0.370 e. The Labute approximate surface area is 127 Å². The molecule has 1 aliphatic carbocycles. The van der Waals surface area contributed by atoms with Crippen molar-refractivity contribution >= 4 is 24.2 Å². The van der Waals surface area contributed by atoms with Crippen LogP contribution in [0.4, 0.5) is 0 Å². The molecule has 0 aromatic heterocycles. The summed E-state index contributed by atoms with van der Waals surface area (Å²) in [6, 6.07) is -0.847. The Morgan fingerprint density at radius 3 is 2.25 bits per heavy atom. The van der Waals surface area contributed by atoms with Crippen molar-refractivity contribution in [3.63, 3.8) is 0 Å². The second kappa shape index (κ2) is 8.44. The summed E-state index contributed by atoms with van der Waals surface area (Å²) in [4.78, 5) is 24.8. The zero-order valence-electron chi connectivity index (χ0n) is 12.4. The smallest absolute Gasteiger partial charge is 0.237 e. The summed E-state index contributed by atoms with van der Waals surface area (Å²) in [5.74, 6) is -0.853. The number of nitrogens with zero attached hydrogens (tertiary/aromatic N) is 1. The third-order valence-electron chi connectivity index (χ3n) is 4.08. The summed E-state index contributed by atoms with van der Waals surface area (Å²) in [6.45, 7) is 0.575. The van der Waals surface area contributed by atoms with Crippen LogP contribution in [0.15, 0.2) is 0 Å². The van der Waals surface area contributed by atoms with Crippen molar-refractivity contribution < 1.29 is 9.59 Å². The van der Waals surface area contributed by atoms with Crippen molar-refractivity contribution in [2.24, 2.45) is 11.5 Å². The molecule has 118 valence electrons. The summed E-state index contributed by atoms with van der Waals surface area (Å²) >= 11 is 0. The van der Waals surface area contributed by atoms with E-state index in [1.807, 2.05) is 14.1 Å². The Balaban J connectivity index is 0.00000361. The van der Waals surface area contributed by atoms with E-state index in [0.29, 0.717) is 6.54 Å². The van der Waals surface area contributed by atoms with E-state index in [4.69, 9.17) is 11.5 Å².